The zero-order chi connectivity index (χ0) is 27.0. The quantitative estimate of drug-likeness (QED) is 0.299. The molecule has 2 heterocycles. The van der Waals surface area contributed by atoms with Crippen LogP contribution in [0.3, 0.4) is 0 Å². The molecule has 1 amide bonds. The van der Waals surface area contributed by atoms with Crippen LogP contribution in [0.1, 0.15) is 52.9 Å². The van der Waals surface area contributed by atoms with Gasteiger partial charge in [-0.15, -0.1) is 0 Å². The van der Waals surface area contributed by atoms with E-state index in [1.54, 1.807) is 7.11 Å². The number of amides is 1. The average Bonchev–Trinajstić information content (AvgIpc) is 2.91. The van der Waals surface area contributed by atoms with Crippen molar-refractivity contribution in [1.82, 2.24) is 15.2 Å². The summed E-state index contributed by atoms with van der Waals surface area (Å²) in [5, 5.41) is 8.32. The molecule has 1 aliphatic heterocycles. The van der Waals surface area contributed by atoms with Crippen LogP contribution in [0, 0.1) is 0 Å². The van der Waals surface area contributed by atoms with Crippen molar-refractivity contribution < 1.29 is 14.3 Å². The molecule has 0 radical (unpaired) electrons. The van der Waals surface area contributed by atoms with Crippen molar-refractivity contribution in [3.05, 3.63) is 54.6 Å². The fraction of sp³-hybridized carbons (Fsp3) is 0.484. The number of pyridine rings is 1. The van der Waals surface area contributed by atoms with Gasteiger partial charge in [0.2, 0.25) is 0 Å². The maximum absolute atomic E-state index is 12.6. The van der Waals surface area contributed by atoms with E-state index >= 15 is 0 Å². The SMILES string of the molecule is COc1ccc(-c2cc(NCCCNCC[C@@H]3CCCCN3C(=O)OC(C)(C)C)c3ccccc3n2)cc1. The third kappa shape index (κ3) is 7.60. The smallest absolute Gasteiger partial charge is 0.410 e. The minimum atomic E-state index is -0.458. The summed E-state index contributed by atoms with van der Waals surface area (Å²) in [6.07, 6.45) is 5.05. The molecule has 1 atom stereocenters. The minimum absolute atomic E-state index is 0.176. The molecule has 0 bridgehead atoms. The molecule has 204 valence electrons. The van der Waals surface area contributed by atoms with E-state index in [0.717, 1.165) is 85.5 Å². The fourth-order valence-corrected chi connectivity index (χ4v) is 4.92. The summed E-state index contributed by atoms with van der Waals surface area (Å²) < 4.78 is 10.9. The number of fused-ring (bicyclic) bond motifs is 1. The van der Waals surface area contributed by atoms with Crippen molar-refractivity contribution in [2.45, 2.75) is 64.5 Å². The number of nitrogens with one attached hydrogen (secondary N) is 2. The second kappa shape index (κ2) is 13.0. The van der Waals surface area contributed by atoms with Gasteiger partial charge in [0.15, 0.2) is 0 Å². The lowest BCUT2D eigenvalue weighted by atomic mass is 10.00. The Hall–Kier alpha value is -3.32. The second-order valence-corrected chi connectivity index (χ2v) is 10.9. The molecular weight excluding hydrogens is 476 g/mol. The molecule has 4 rings (SSSR count). The van der Waals surface area contributed by atoms with Gasteiger partial charge in [-0.25, -0.2) is 9.78 Å². The number of likely N-dealkylation sites (tertiary alicyclic amines) is 1. The molecule has 0 unspecified atom stereocenters. The van der Waals surface area contributed by atoms with Crippen molar-refractivity contribution in [2.75, 3.05) is 38.6 Å². The predicted molar refractivity (Wildman–Crippen MR) is 155 cm³/mol. The highest BCUT2D eigenvalue weighted by molar-refractivity contribution is 5.93. The number of hydrogen-bond donors (Lipinski definition) is 2. The normalized spacial score (nSPS) is 15.9. The van der Waals surface area contributed by atoms with Crippen LogP contribution in [0.25, 0.3) is 22.2 Å². The summed E-state index contributed by atoms with van der Waals surface area (Å²) >= 11 is 0. The number of hydrogen-bond acceptors (Lipinski definition) is 6. The number of anilines is 1. The first-order valence-electron chi connectivity index (χ1n) is 13.8. The van der Waals surface area contributed by atoms with Gasteiger partial charge in [0.1, 0.15) is 11.4 Å². The zero-order valence-electron chi connectivity index (χ0n) is 23.3. The molecule has 1 aromatic heterocycles. The number of benzene rings is 2. The van der Waals surface area contributed by atoms with Crippen LogP contribution in [0.4, 0.5) is 10.5 Å². The third-order valence-corrected chi connectivity index (χ3v) is 6.86. The number of nitrogens with zero attached hydrogens (tertiary/aromatic N) is 2. The lowest BCUT2D eigenvalue weighted by molar-refractivity contribution is 0.00895. The Kier molecular flexibility index (Phi) is 9.45. The topological polar surface area (TPSA) is 75.7 Å². The van der Waals surface area contributed by atoms with E-state index in [9.17, 15) is 4.79 Å². The molecule has 2 N–H and O–H groups in total. The highest BCUT2D eigenvalue weighted by Gasteiger charge is 2.30. The zero-order valence-corrected chi connectivity index (χ0v) is 23.3. The molecule has 0 spiro atoms. The Morgan fingerprint density at radius 1 is 1.05 bits per heavy atom. The van der Waals surface area contributed by atoms with E-state index in [1.165, 1.54) is 6.42 Å². The number of aromatic nitrogens is 1. The van der Waals surface area contributed by atoms with E-state index in [2.05, 4.69) is 34.9 Å². The number of ether oxygens (including phenoxy) is 2. The summed E-state index contributed by atoms with van der Waals surface area (Å²) in [7, 11) is 1.68. The maximum Gasteiger partial charge on any atom is 0.410 e. The molecule has 1 fully saturated rings. The van der Waals surface area contributed by atoms with Gasteiger partial charge < -0.3 is 25.0 Å². The van der Waals surface area contributed by atoms with Gasteiger partial charge >= 0.3 is 6.09 Å². The van der Waals surface area contributed by atoms with Gasteiger partial charge in [-0.1, -0.05) is 18.2 Å². The van der Waals surface area contributed by atoms with Crippen molar-refractivity contribution in [2.24, 2.45) is 0 Å². The molecule has 38 heavy (non-hydrogen) atoms. The largest absolute Gasteiger partial charge is 0.497 e. The van der Waals surface area contributed by atoms with Crippen LogP contribution in [0.15, 0.2) is 54.6 Å². The molecule has 7 heteroatoms. The molecule has 1 aliphatic rings. The molecular formula is C31H42N4O3. The van der Waals surface area contributed by atoms with Gasteiger partial charge in [-0.05, 0) is 102 Å². The van der Waals surface area contributed by atoms with Crippen LogP contribution < -0.4 is 15.4 Å². The standard InChI is InChI=1S/C31H42N4O3/c1-31(2,3)38-30(36)35-21-8-7-10-24(35)17-20-32-18-9-19-33-29-22-28(23-13-15-25(37-4)16-14-23)34-27-12-6-5-11-26(27)29/h5-6,11-16,22,24,32H,7-10,17-21H2,1-4H3,(H,33,34)/t24-/m0/s1. The molecule has 3 aromatic rings. The Labute approximate surface area is 226 Å². The average molecular weight is 519 g/mol. The Morgan fingerprint density at radius 3 is 2.61 bits per heavy atom. The van der Waals surface area contributed by atoms with E-state index in [4.69, 9.17) is 14.5 Å². The van der Waals surface area contributed by atoms with Gasteiger partial charge in [0.25, 0.3) is 0 Å². The summed E-state index contributed by atoms with van der Waals surface area (Å²) in [5.74, 6) is 0.835. The summed E-state index contributed by atoms with van der Waals surface area (Å²) in [4.78, 5) is 19.5. The van der Waals surface area contributed by atoms with Crippen molar-refractivity contribution in [3.8, 4) is 17.0 Å². The van der Waals surface area contributed by atoms with Crippen LogP contribution in [-0.4, -0.2) is 60.9 Å². The first-order chi connectivity index (χ1) is 18.3. The van der Waals surface area contributed by atoms with Crippen LogP contribution in [0.5, 0.6) is 5.75 Å². The van der Waals surface area contributed by atoms with Crippen LogP contribution in [-0.2, 0) is 4.74 Å². The molecule has 7 nitrogen and oxygen atoms in total. The molecule has 0 aliphatic carbocycles. The highest BCUT2D eigenvalue weighted by atomic mass is 16.6. The van der Waals surface area contributed by atoms with E-state index in [-0.39, 0.29) is 12.1 Å². The van der Waals surface area contributed by atoms with Gasteiger partial charge in [0, 0.05) is 35.8 Å². The Bertz CT molecular complexity index is 1190. The monoisotopic (exact) mass is 518 g/mol. The number of piperidine rings is 1. The van der Waals surface area contributed by atoms with E-state index in [1.807, 2.05) is 56.0 Å². The number of methoxy groups -OCH3 is 1. The number of rotatable bonds is 10. The molecule has 0 saturated carbocycles. The van der Waals surface area contributed by atoms with Gasteiger partial charge in [0.05, 0.1) is 18.3 Å². The maximum atomic E-state index is 12.6. The first-order valence-corrected chi connectivity index (χ1v) is 13.8. The third-order valence-electron chi connectivity index (χ3n) is 6.86. The summed E-state index contributed by atoms with van der Waals surface area (Å²) in [5.41, 5.74) is 3.61. The number of para-hydroxylation sites is 1. The number of carbonyl (C=O) groups excluding carboxylic acids is 1. The second-order valence-electron chi connectivity index (χ2n) is 10.9. The van der Waals surface area contributed by atoms with Crippen molar-refractivity contribution >= 4 is 22.7 Å². The lowest BCUT2D eigenvalue weighted by Crippen LogP contribution is -2.47. The first kappa shape index (κ1) is 27.7. The van der Waals surface area contributed by atoms with Crippen molar-refractivity contribution in [3.63, 3.8) is 0 Å². The lowest BCUT2D eigenvalue weighted by Gasteiger charge is -2.36. The fourth-order valence-electron chi connectivity index (χ4n) is 4.92. The van der Waals surface area contributed by atoms with E-state index < -0.39 is 5.60 Å². The molecule has 1 saturated heterocycles. The highest BCUT2D eigenvalue weighted by Crippen LogP contribution is 2.29. The van der Waals surface area contributed by atoms with Crippen LogP contribution in [0.2, 0.25) is 0 Å². The predicted octanol–water partition coefficient (Wildman–Crippen LogP) is 6.48. The number of carbonyl (C=O) groups is 1. The van der Waals surface area contributed by atoms with Gasteiger partial charge in [-0.3, -0.25) is 0 Å². The Morgan fingerprint density at radius 2 is 1.84 bits per heavy atom. The minimum Gasteiger partial charge on any atom is -0.497 e. The molecule has 2 aromatic carbocycles. The summed E-state index contributed by atoms with van der Waals surface area (Å²) in [6.45, 7) is 9.24. The van der Waals surface area contributed by atoms with Crippen molar-refractivity contribution in [1.29, 1.82) is 0 Å². The van der Waals surface area contributed by atoms with Crippen LogP contribution >= 0.6 is 0 Å². The van der Waals surface area contributed by atoms with Gasteiger partial charge in [-0.2, -0.15) is 0 Å². The van der Waals surface area contributed by atoms with E-state index in [0.29, 0.717) is 0 Å². The Balaban J connectivity index is 1.27. The summed E-state index contributed by atoms with van der Waals surface area (Å²) in [6, 6.07) is 18.6.